The molecular formula is C13H17N5O4. The molecule has 0 spiro atoms. The normalized spacial score (nSPS) is 36.3. The number of nitriles is 1. The summed E-state index contributed by atoms with van der Waals surface area (Å²) < 4.78 is 10.5. The molecular weight excluding hydrogens is 290 g/mol. The lowest BCUT2D eigenvalue weighted by molar-refractivity contribution is -0.137. The zero-order valence-corrected chi connectivity index (χ0v) is 12.0. The molecule has 2 aliphatic rings. The molecule has 9 heteroatoms. The number of methoxy groups -OCH3 is 1. The van der Waals surface area contributed by atoms with Crippen molar-refractivity contribution in [1.29, 1.82) is 5.26 Å². The molecule has 118 valence electrons. The Bertz CT molecular complexity index is 581. The number of aliphatic hydroxyl groups is 2. The third-order valence-electron chi connectivity index (χ3n) is 3.37. The molecule has 0 amide bonds. The number of ether oxygens (including phenoxy) is 2. The third-order valence-corrected chi connectivity index (χ3v) is 3.37. The zero-order valence-electron chi connectivity index (χ0n) is 12.0. The molecule has 1 fully saturated rings. The summed E-state index contributed by atoms with van der Waals surface area (Å²) in [6, 6.07) is 1.86. The quantitative estimate of drug-likeness (QED) is 0.584. The van der Waals surface area contributed by atoms with Gasteiger partial charge in [0.05, 0.1) is 6.61 Å². The largest absolute Gasteiger partial charge is 0.387 e. The standard InChI is InChI=1S/C13H17N5O4/c1-3-4-8-12(15)16-7-17-18(8)13(6-14)11(20)10(19)9(22-13)5-21-2/h3-4,7,9-11,19-20H,1,5H2,2H3,(H2,15,16,17)/b8-4-/t9-,10-,11-,13-/m1/s1. The molecule has 0 bridgehead atoms. The van der Waals surface area contributed by atoms with Gasteiger partial charge in [0.15, 0.2) is 5.84 Å². The van der Waals surface area contributed by atoms with Crippen molar-refractivity contribution in [1.82, 2.24) is 5.01 Å². The molecule has 4 N–H and O–H groups in total. The number of rotatable bonds is 4. The summed E-state index contributed by atoms with van der Waals surface area (Å²) in [5.41, 5.74) is 4.05. The number of hydrazone groups is 1. The molecule has 0 aromatic rings. The summed E-state index contributed by atoms with van der Waals surface area (Å²) in [7, 11) is 1.42. The minimum absolute atomic E-state index is 0.00326. The van der Waals surface area contributed by atoms with Gasteiger partial charge in [0.25, 0.3) is 5.72 Å². The summed E-state index contributed by atoms with van der Waals surface area (Å²) in [5.74, 6) is 0.0741. The lowest BCUT2D eigenvalue weighted by atomic mass is 10.0. The number of nitrogens with two attached hydrogens (primary N) is 1. The van der Waals surface area contributed by atoms with E-state index >= 15 is 0 Å². The number of allylic oxidation sites excluding steroid dienone is 2. The van der Waals surface area contributed by atoms with E-state index in [9.17, 15) is 15.5 Å². The summed E-state index contributed by atoms with van der Waals surface area (Å²) in [4.78, 5) is 3.83. The Morgan fingerprint density at radius 1 is 1.68 bits per heavy atom. The molecule has 0 saturated carbocycles. The van der Waals surface area contributed by atoms with Crippen molar-refractivity contribution in [3.8, 4) is 6.07 Å². The van der Waals surface area contributed by atoms with E-state index in [0.29, 0.717) is 0 Å². The van der Waals surface area contributed by atoms with E-state index in [-0.39, 0.29) is 18.1 Å². The summed E-state index contributed by atoms with van der Waals surface area (Å²) in [6.07, 6.45) is 0.274. The van der Waals surface area contributed by atoms with Crippen LogP contribution in [0.15, 0.2) is 34.5 Å². The summed E-state index contributed by atoms with van der Waals surface area (Å²) in [6.45, 7) is 3.56. The number of hydrogen-bond acceptors (Lipinski definition) is 9. The predicted octanol–water partition coefficient (Wildman–Crippen LogP) is -1.34. The van der Waals surface area contributed by atoms with Crippen molar-refractivity contribution in [3.63, 3.8) is 0 Å². The van der Waals surface area contributed by atoms with Crippen molar-refractivity contribution < 1.29 is 19.7 Å². The first kappa shape index (κ1) is 16.1. The van der Waals surface area contributed by atoms with E-state index in [4.69, 9.17) is 15.2 Å². The van der Waals surface area contributed by atoms with Gasteiger partial charge in [0.2, 0.25) is 0 Å². The van der Waals surface area contributed by atoms with Crippen molar-refractivity contribution in [2.24, 2.45) is 15.8 Å². The Morgan fingerprint density at radius 3 is 3.00 bits per heavy atom. The average Bonchev–Trinajstić information content (AvgIpc) is 2.75. The minimum atomic E-state index is -1.95. The Hall–Kier alpha value is -2.25. The lowest BCUT2D eigenvalue weighted by Crippen LogP contribution is -2.55. The summed E-state index contributed by atoms with van der Waals surface area (Å²) in [5, 5.41) is 35.0. The van der Waals surface area contributed by atoms with E-state index in [1.165, 1.54) is 19.3 Å². The van der Waals surface area contributed by atoms with Gasteiger partial charge in [-0.2, -0.15) is 10.4 Å². The van der Waals surface area contributed by atoms with Gasteiger partial charge >= 0.3 is 0 Å². The highest BCUT2D eigenvalue weighted by Gasteiger charge is 2.60. The molecule has 22 heavy (non-hydrogen) atoms. The van der Waals surface area contributed by atoms with Crippen molar-refractivity contribution >= 4 is 12.2 Å². The molecule has 1 saturated heterocycles. The Balaban J connectivity index is 2.45. The van der Waals surface area contributed by atoms with Crippen LogP contribution in [0.1, 0.15) is 0 Å². The second-order valence-electron chi connectivity index (χ2n) is 4.70. The lowest BCUT2D eigenvalue weighted by Gasteiger charge is -2.36. The highest BCUT2D eigenvalue weighted by atomic mass is 16.6. The first-order chi connectivity index (χ1) is 10.5. The van der Waals surface area contributed by atoms with Crippen LogP contribution >= 0.6 is 0 Å². The van der Waals surface area contributed by atoms with Gasteiger partial charge in [0, 0.05) is 7.11 Å². The Kier molecular flexibility index (Phi) is 4.58. The molecule has 0 aromatic carbocycles. The van der Waals surface area contributed by atoms with E-state index < -0.39 is 24.0 Å². The van der Waals surface area contributed by atoms with Crippen LogP contribution in [-0.4, -0.2) is 65.1 Å². The van der Waals surface area contributed by atoms with Gasteiger partial charge in [-0.1, -0.05) is 12.7 Å². The number of aliphatic imine (C=N–C) groups is 1. The molecule has 0 aromatic heterocycles. The van der Waals surface area contributed by atoms with Crippen LogP contribution in [0.5, 0.6) is 0 Å². The van der Waals surface area contributed by atoms with Crippen LogP contribution in [0.4, 0.5) is 0 Å². The fourth-order valence-electron chi connectivity index (χ4n) is 2.33. The molecule has 9 nitrogen and oxygen atoms in total. The predicted molar refractivity (Wildman–Crippen MR) is 77.3 cm³/mol. The third kappa shape index (κ3) is 2.38. The number of nitrogens with zero attached hydrogens (tertiary/aromatic N) is 4. The van der Waals surface area contributed by atoms with Gasteiger partial charge in [-0.05, 0) is 6.08 Å². The van der Waals surface area contributed by atoms with E-state index in [2.05, 4.69) is 16.7 Å². The van der Waals surface area contributed by atoms with Crippen LogP contribution in [0.2, 0.25) is 0 Å². The van der Waals surface area contributed by atoms with Gasteiger partial charge in [-0.25, -0.2) is 10.0 Å². The molecule has 0 aliphatic carbocycles. The Labute approximate surface area is 127 Å². The average molecular weight is 307 g/mol. The van der Waals surface area contributed by atoms with Gasteiger partial charge in [-0.3, -0.25) is 0 Å². The topological polar surface area (TPSA) is 137 Å². The molecule has 4 atom stereocenters. The first-order valence-electron chi connectivity index (χ1n) is 6.45. The zero-order chi connectivity index (χ0) is 16.3. The smallest absolute Gasteiger partial charge is 0.279 e. The maximum absolute atomic E-state index is 10.3. The van der Waals surface area contributed by atoms with E-state index in [1.54, 1.807) is 0 Å². The minimum Gasteiger partial charge on any atom is -0.387 e. The first-order valence-corrected chi connectivity index (χ1v) is 6.45. The Morgan fingerprint density at radius 2 is 2.41 bits per heavy atom. The number of hydrogen-bond donors (Lipinski definition) is 3. The van der Waals surface area contributed by atoms with Crippen LogP contribution in [0.3, 0.4) is 0 Å². The number of aliphatic hydroxyl groups excluding tert-OH is 2. The van der Waals surface area contributed by atoms with Crippen LogP contribution in [0.25, 0.3) is 0 Å². The van der Waals surface area contributed by atoms with Crippen molar-refractivity contribution in [2.75, 3.05) is 13.7 Å². The van der Waals surface area contributed by atoms with E-state index in [1.807, 2.05) is 6.07 Å². The highest BCUT2D eigenvalue weighted by molar-refractivity contribution is 6.02. The SMILES string of the molecule is C=C/C=C1/C(N)=NC=NN1[C@]1(C#N)O[C@H](COC)[C@@H](O)[C@H]1O. The maximum atomic E-state index is 10.3. The summed E-state index contributed by atoms with van der Waals surface area (Å²) >= 11 is 0. The molecule has 0 radical (unpaired) electrons. The van der Waals surface area contributed by atoms with Gasteiger partial charge < -0.3 is 25.4 Å². The maximum Gasteiger partial charge on any atom is 0.279 e. The molecule has 0 unspecified atom stereocenters. The van der Waals surface area contributed by atoms with Crippen LogP contribution in [0, 0.1) is 11.3 Å². The highest BCUT2D eigenvalue weighted by Crippen LogP contribution is 2.37. The van der Waals surface area contributed by atoms with Crippen LogP contribution in [-0.2, 0) is 9.47 Å². The van der Waals surface area contributed by atoms with Crippen molar-refractivity contribution in [3.05, 3.63) is 24.4 Å². The van der Waals surface area contributed by atoms with Gasteiger partial charge in [0.1, 0.15) is 36.4 Å². The second kappa shape index (κ2) is 6.25. The molecule has 2 aliphatic heterocycles. The molecule has 2 heterocycles. The fraction of sp³-hybridized carbons (Fsp3) is 0.462. The number of amidine groups is 1. The van der Waals surface area contributed by atoms with Crippen LogP contribution < -0.4 is 5.73 Å². The molecule has 2 rings (SSSR count). The van der Waals surface area contributed by atoms with Crippen molar-refractivity contribution in [2.45, 2.75) is 24.0 Å². The van der Waals surface area contributed by atoms with Gasteiger partial charge in [-0.15, -0.1) is 0 Å². The monoisotopic (exact) mass is 307 g/mol. The van der Waals surface area contributed by atoms with E-state index in [0.717, 1.165) is 11.3 Å². The fourth-order valence-corrected chi connectivity index (χ4v) is 2.33. The second-order valence-corrected chi connectivity index (χ2v) is 4.70.